The normalized spacial score (nSPS) is 14.6. The number of carbonyl (C=O) groups excluding carboxylic acids is 2. The quantitative estimate of drug-likeness (QED) is 0.797. The van der Waals surface area contributed by atoms with Gasteiger partial charge in [0.05, 0.1) is 13.2 Å². The van der Waals surface area contributed by atoms with Crippen molar-refractivity contribution < 1.29 is 18.7 Å². The van der Waals surface area contributed by atoms with Gasteiger partial charge in [-0.05, 0) is 24.1 Å². The van der Waals surface area contributed by atoms with Crippen molar-refractivity contribution in [3.8, 4) is 0 Å². The maximum atomic E-state index is 12.9. The van der Waals surface area contributed by atoms with E-state index in [0.29, 0.717) is 52.2 Å². The molecular weight excluding hydrogens is 299 g/mol. The molecule has 0 saturated carbocycles. The van der Waals surface area contributed by atoms with Crippen LogP contribution in [0.3, 0.4) is 0 Å². The molecule has 1 aliphatic heterocycles. The molecule has 0 atom stereocenters. The van der Waals surface area contributed by atoms with Crippen molar-refractivity contribution in [3.63, 3.8) is 0 Å². The smallest absolute Gasteiger partial charge is 0.224 e. The van der Waals surface area contributed by atoms with E-state index in [0.717, 1.165) is 5.56 Å². The number of carbonyl (C=O) groups is 2. The summed E-state index contributed by atoms with van der Waals surface area (Å²) in [4.78, 5) is 27.3. The Morgan fingerprint density at radius 1 is 1.17 bits per heavy atom. The first-order valence-corrected chi connectivity index (χ1v) is 7.92. The van der Waals surface area contributed by atoms with E-state index in [4.69, 9.17) is 4.74 Å². The predicted octanol–water partition coefficient (Wildman–Crippen LogP) is 1.47. The standard InChI is InChI=1S/C17H23FN2O3/c1-14(21)19(8-6-15-2-4-16(18)5-3-15)9-7-17(22)20-10-12-23-13-11-20/h2-5H,6-13H2,1H3. The van der Waals surface area contributed by atoms with Crippen LogP contribution in [0, 0.1) is 5.82 Å². The fourth-order valence-electron chi connectivity index (χ4n) is 2.54. The van der Waals surface area contributed by atoms with Crippen LogP contribution in [0.1, 0.15) is 18.9 Å². The van der Waals surface area contributed by atoms with Gasteiger partial charge in [-0.15, -0.1) is 0 Å². The topological polar surface area (TPSA) is 49.9 Å². The van der Waals surface area contributed by atoms with E-state index >= 15 is 0 Å². The van der Waals surface area contributed by atoms with Crippen LogP contribution in [0.15, 0.2) is 24.3 Å². The van der Waals surface area contributed by atoms with E-state index in [-0.39, 0.29) is 17.6 Å². The summed E-state index contributed by atoms with van der Waals surface area (Å²) in [7, 11) is 0. The summed E-state index contributed by atoms with van der Waals surface area (Å²) in [6.45, 7) is 4.83. The minimum absolute atomic E-state index is 0.0538. The second kappa shape index (κ2) is 8.62. The molecule has 2 rings (SSSR count). The Hall–Kier alpha value is -1.95. The van der Waals surface area contributed by atoms with Gasteiger partial charge in [0.2, 0.25) is 11.8 Å². The lowest BCUT2D eigenvalue weighted by molar-refractivity contribution is -0.136. The number of amides is 2. The van der Waals surface area contributed by atoms with Crippen molar-refractivity contribution in [2.24, 2.45) is 0 Å². The lowest BCUT2D eigenvalue weighted by atomic mass is 10.1. The van der Waals surface area contributed by atoms with E-state index in [1.54, 1.807) is 21.9 Å². The molecule has 0 aromatic heterocycles. The highest BCUT2D eigenvalue weighted by molar-refractivity contribution is 5.78. The van der Waals surface area contributed by atoms with E-state index in [1.807, 2.05) is 0 Å². The van der Waals surface area contributed by atoms with Gasteiger partial charge in [0.15, 0.2) is 0 Å². The van der Waals surface area contributed by atoms with Gasteiger partial charge < -0.3 is 14.5 Å². The van der Waals surface area contributed by atoms with Gasteiger partial charge in [-0.2, -0.15) is 0 Å². The molecule has 1 aromatic rings. The Morgan fingerprint density at radius 2 is 1.83 bits per heavy atom. The second-order valence-corrected chi connectivity index (χ2v) is 5.63. The molecule has 0 spiro atoms. The molecule has 1 aliphatic rings. The lowest BCUT2D eigenvalue weighted by Gasteiger charge is -2.28. The van der Waals surface area contributed by atoms with Crippen molar-refractivity contribution in [2.75, 3.05) is 39.4 Å². The molecule has 0 aliphatic carbocycles. The molecule has 23 heavy (non-hydrogen) atoms. The molecule has 2 amide bonds. The minimum atomic E-state index is -0.270. The summed E-state index contributed by atoms with van der Waals surface area (Å²) in [5.74, 6) is -0.267. The first-order valence-electron chi connectivity index (χ1n) is 7.92. The molecule has 1 aromatic carbocycles. The summed E-state index contributed by atoms with van der Waals surface area (Å²) < 4.78 is 18.1. The van der Waals surface area contributed by atoms with Crippen molar-refractivity contribution in [1.82, 2.24) is 9.80 Å². The van der Waals surface area contributed by atoms with Crippen LogP contribution >= 0.6 is 0 Å². The summed E-state index contributed by atoms with van der Waals surface area (Å²) in [6.07, 6.45) is 0.967. The number of halogens is 1. The van der Waals surface area contributed by atoms with Gasteiger partial charge in [-0.1, -0.05) is 12.1 Å². The van der Waals surface area contributed by atoms with Crippen molar-refractivity contribution in [2.45, 2.75) is 19.8 Å². The molecule has 0 radical (unpaired) electrons. The van der Waals surface area contributed by atoms with Crippen LogP contribution in [-0.4, -0.2) is 61.0 Å². The molecule has 1 fully saturated rings. The largest absolute Gasteiger partial charge is 0.378 e. The second-order valence-electron chi connectivity index (χ2n) is 5.63. The molecule has 0 unspecified atom stereocenters. The third kappa shape index (κ3) is 5.63. The maximum absolute atomic E-state index is 12.9. The average molecular weight is 322 g/mol. The molecule has 126 valence electrons. The molecule has 0 bridgehead atoms. The van der Waals surface area contributed by atoms with Crippen LogP contribution in [-0.2, 0) is 20.7 Å². The number of morpholine rings is 1. The summed E-state index contributed by atoms with van der Waals surface area (Å²) in [5, 5.41) is 0. The zero-order chi connectivity index (χ0) is 16.7. The SMILES string of the molecule is CC(=O)N(CCC(=O)N1CCOCC1)CCc1ccc(F)cc1. The van der Waals surface area contributed by atoms with Crippen LogP contribution in [0.5, 0.6) is 0 Å². The Balaban J connectivity index is 1.80. The molecule has 0 N–H and O–H groups in total. The highest BCUT2D eigenvalue weighted by Crippen LogP contribution is 2.06. The zero-order valence-electron chi connectivity index (χ0n) is 13.5. The Kier molecular flexibility index (Phi) is 6.52. The van der Waals surface area contributed by atoms with Crippen LogP contribution < -0.4 is 0 Å². The highest BCUT2D eigenvalue weighted by Gasteiger charge is 2.18. The first-order chi connectivity index (χ1) is 11.1. The van der Waals surface area contributed by atoms with E-state index in [2.05, 4.69) is 0 Å². The number of hydrogen-bond donors (Lipinski definition) is 0. The van der Waals surface area contributed by atoms with Gasteiger partial charge in [0, 0.05) is 39.5 Å². The van der Waals surface area contributed by atoms with Crippen molar-refractivity contribution >= 4 is 11.8 Å². The molecule has 6 heteroatoms. The number of benzene rings is 1. The van der Waals surface area contributed by atoms with Gasteiger partial charge in [-0.25, -0.2) is 4.39 Å². The van der Waals surface area contributed by atoms with Crippen LogP contribution in [0.25, 0.3) is 0 Å². The Bertz CT molecular complexity index is 527. The van der Waals surface area contributed by atoms with E-state index < -0.39 is 0 Å². The van der Waals surface area contributed by atoms with Crippen molar-refractivity contribution in [1.29, 1.82) is 0 Å². The fourth-order valence-corrected chi connectivity index (χ4v) is 2.54. The minimum Gasteiger partial charge on any atom is -0.378 e. The molecule has 1 saturated heterocycles. The van der Waals surface area contributed by atoms with E-state index in [1.165, 1.54) is 19.1 Å². The maximum Gasteiger partial charge on any atom is 0.224 e. The molecule has 1 heterocycles. The predicted molar refractivity (Wildman–Crippen MR) is 84.4 cm³/mol. The highest BCUT2D eigenvalue weighted by atomic mass is 19.1. The Labute approximate surface area is 136 Å². The number of hydrogen-bond acceptors (Lipinski definition) is 3. The van der Waals surface area contributed by atoms with Gasteiger partial charge in [0.1, 0.15) is 5.82 Å². The van der Waals surface area contributed by atoms with Crippen molar-refractivity contribution in [3.05, 3.63) is 35.6 Å². The van der Waals surface area contributed by atoms with Crippen LogP contribution in [0.4, 0.5) is 4.39 Å². The lowest BCUT2D eigenvalue weighted by Crippen LogP contribution is -2.42. The third-order valence-corrected chi connectivity index (χ3v) is 3.99. The zero-order valence-corrected chi connectivity index (χ0v) is 13.5. The summed E-state index contributed by atoms with van der Waals surface area (Å²) in [5.41, 5.74) is 0.970. The molecular formula is C17H23FN2O3. The Morgan fingerprint density at radius 3 is 2.43 bits per heavy atom. The summed E-state index contributed by atoms with van der Waals surface area (Å²) >= 11 is 0. The first kappa shape index (κ1) is 17.4. The van der Waals surface area contributed by atoms with Gasteiger partial charge in [0.25, 0.3) is 0 Å². The third-order valence-electron chi connectivity index (χ3n) is 3.99. The van der Waals surface area contributed by atoms with Gasteiger partial charge in [-0.3, -0.25) is 9.59 Å². The number of rotatable bonds is 6. The van der Waals surface area contributed by atoms with Crippen LogP contribution in [0.2, 0.25) is 0 Å². The average Bonchev–Trinajstić information content (AvgIpc) is 2.56. The number of nitrogens with zero attached hydrogens (tertiary/aromatic N) is 2. The van der Waals surface area contributed by atoms with E-state index in [9.17, 15) is 14.0 Å². The fraction of sp³-hybridized carbons (Fsp3) is 0.529. The summed E-state index contributed by atoms with van der Waals surface area (Å²) in [6, 6.07) is 6.25. The monoisotopic (exact) mass is 322 g/mol. The van der Waals surface area contributed by atoms with Gasteiger partial charge >= 0.3 is 0 Å². The molecule has 5 nitrogen and oxygen atoms in total. The number of ether oxygens (including phenoxy) is 1.